The Hall–Kier alpha value is -2.22. The van der Waals surface area contributed by atoms with E-state index in [2.05, 4.69) is 27.0 Å². The van der Waals surface area contributed by atoms with Gasteiger partial charge in [0.1, 0.15) is 10.8 Å². The van der Waals surface area contributed by atoms with Gasteiger partial charge in [0.2, 0.25) is 5.91 Å². The van der Waals surface area contributed by atoms with E-state index in [9.17, 15) is 9.90 Å². The van der Waals surface area contributed by atoms with E-state index in [0.717, 1.165) is 43.2 Å². The Balaban J connectivity index is 1.29. The highest BCUT2D eigenvalue weighted by atomic mass is 32.1. The van der Waals surface area contributed by atoms with E-state index in [1.807, 2.05) is 6.07 Å². The summed E-state index contributed by atoms with van der Waals surface area (Å²) in [7, 11) is 0. The fraction of sp³-hybridized carbons (Fsp3) is 0.300. The molecule has 1 amide bonds. The lowest BCUT2D eigenvalue weighted by atomic mass is 9.95. The number of thiazole rings is 1. The third-order valence-corrected chi connectivity index (χ3v) is 6.72. The summed E-state index contributed by atoms with van der Waals surface area (Å²) in [6.07, 6.45) is 1.64. The first-order valence-corrected chi connectivity index (χ1v) is 10.7. The van der Waals surface area contributed by atoms with E-state index >= 15 is 0 Å². The first kappa shape index (κ1) is 18.2. The van der Waals surface area contributed by atoms with Crippen LogP contribution in [0.2, 0.25) is 0 Å². The van der Waals surface area contributed by atoms with Crippen molar-refractivity contribution in [3.63, 3.8) is 0 Å². The third-order valence-electron chi connectivity index (χ3n) is 4.79. The van der Waals surface area contributed by atoms with Gasteiger partial charge >= 0.3 is 0 Å². The standard InChI is InChI=1S/C20H21N3O2S2/c24-17-5-2-1-4-16(17)22-19(25)14-7-9-23(10-8-14)12-15-13-27-20(21-15)18-6-3-11-26-18/h1-6,11,13-14,24H,7-10,12H2,(H,22,25). The number of phenolic OH excluding ortho intramolecular Hbond substituents is 1. The molecule has 0 aliphatic carbocycles. The molecular weight excluding hydrogens is 378 g/mol. The predicted molar refractivity (Wildman–Crippen MR) is 110 cm³/mol. The number of thiophene rings is 1. The monoisotopic (exact) mass is 399 g/mol. The van der Waals surface area contributed by atoms with Crippen LogP contribution in [0.25, 0.3) is 9.88 Å². The van der Waals surface area contributed by atoms with Crippen molar-refractivity contribution in [2.45, 2.75) is 19.4 Å². The molecule has 5 nitrogen and oxygen atoms in total. The van der Waals surface area contributed by atoms with Gasteiger partial charge in [-0.2, -0.15) is 0 Å². The van der Waals surface area contributed by atoms with E-state index in [0.29, 0.717) is 5.69 Å². The fourth-order valence-electron chi connectivity index (χ4n) is 3.29. The van der Waals surface area contributed by atoms with Crippen LogP contribution in [0, 0.1) is 5.92 Å². The van der Waals surface area contributed by atoms with Crippen molar-refractivity contribution in [1.29, 1.82) is 0 Å². The van der Waals surface area contributed by atoms with Crippen molar-refractivity contribution in [3.05, 3.63) is 52.9 Å². The summed E-state index contributed by atoms with van der Waals surface area (Å²) in [6.45, 7) is 2.59. The first-order chi connectivity index (χ1) is 13.2. The highest BCUT2D eigenvalue weighted by molar-refractivity contribution is 7.20. The van der Waals surface area contributed by atoms with Gasteiger partial charge in [-0.1, -0.05) is 18.2 Å². The van der Waals surface area contributed by atoms with Crippen LogP contribution in [0.5, 0.6) is 5.75 Å². The molecule has 0 atom stereocenters. The maximum Gasteiger partial charge on any atom is 0.227 e. The second kappa shape index (κ2) is 8.21. The topological polar surface area (TPSA) is 65.5 Å². The number of carbonyl (C=O) groups excluding carboxylic acids is 1. The molecule has 3 heterocycles. The number of aromatic nitrogens is 1. The number of piperidine rings is 1. The summed E-state index contributed by atoms with van der Waals surface area (Å²) in [4.78, 5) is 20.8. The molecule has 1 fully saturated rings. The number of benzene rings is 1. The number of aromatic hydroxyl groups is 1. The summed E-state index contributed by atoms with van der Waals surface area (Å²) < 4.78 is 0. The Labute approximate surface area is 166 Å². The van der Waals surface area contributed by atoms with Crippen LogP contribution in [-0.2, 0) is 11.3 Å². The largest absolute Gasteiger partial charge is 0.506 e. The molecule has 3 aromatic rings. The average Bonchev–Trinajstić information content (AvgIpc) is 3.36. The smallest absolute Gasteiger partial charge is 0.227 e. The summed E-state index contributed by atoms with van der Waals surface area (Å²) in [5.74, 6) is 0.0797. The van der Waals surface area contributed by atoms with Gasteiger partial charge in [-0.15, -0.1) is 22.7 Å². The lowest BCUT2D eigenvalue weighted by Crippen LogP contribution is -2.37. The number of carbonyl (C=O) groups is 1. The summed E-state index contributed by atoms with van der Waals surface area (Å²) in [5, 5.41) is 17.9. The van der Waals surface area contributed by atoms with Gasteiger partial charge in [-0.05, 0) is 49.5 Å². The molecule has 1 aliphatic rings. The number of rotatable bonds is 5. The number of phenols is 1. The molecule has 2 aromatic heterocycles. The second-order valence-corrected chi connectivity index (χ2v) is 8.48. The minimum atomic E-state index is -0.0158. The summed E-state index contributed by atoms with van der Waals surface area (Å²) in [5.41, 5.74) is 1.58. The Morgan fingerprint density at radius 1 is 1.19 bits per heavy atom. The zero-order chi connectivity index (χ0) is 18.6. The van der Waals surface area contributed by atoms with Gasteiger partial charge in [-0.25, -0.2) is 4.98 Å². The SMILES string of the molecule is O=C(Nc1ccccc1O)C1CCN(Cc2csc(-c3cccs3)n2)CC1. The third kappa shape index (κ3) is 4.37. The molecule has 2 N–H and O–H groups in total. The Bertz CT molecular complexity index is 900. The quantitative estimate of drug-likeness (QED) is 0.623. The predicted octanol–water partition coefficient (Wildman–Crippen LogP) is 4.43. The van der Waals surface area contributed by atoms with Crippen LogP contribution in [0.3, 0.4) is 0 Å². The van der Waals surface area contributed by atoms with Crippen molar-refractivity contribution in [2.75, 3.05) is 18.4 Å². The first-order valence-electron chi connectivity index (χ1n) is 8.98. The van der Waals surface area contributed by atoms with Crippen LogP contribution < -0.4 is 5.32 Å². The molecule has 27 heavy (non-hydrogen) atoms. The lowest BCUT2D eigenvalue weighted by molar-refractivity contribution is -0.121. The van der Waals surface area contributed by atoms with E-state index in [-0.39, 0.29) is 17.6 Å². The zero-order valence-corrected chi connectivity index (χ0v) is 16.4. The molecule has 140 valence electrons. The lowest BCUT2D eigenvalue weighted by Gasteiger charge is -2.30. The molecule has 0 saturated carbocycles. The van der Waals surface area contributed by atoms with Gasteiger partial charge in [0.25, 0.3) is 0 Å². The van der Waals surface area contributed by atoms with Crippen LogP contribution in [0.15, 0.2) is 47.2 Å². The summed E-state index contributed by atoms with van der Waals surface area (Å²) in [6, 6.07) is 11.0. The molecule has 0 radical (unpaired) electrons. The minimum Gasteiger partial charge on any atom is -0.506 e. The average molecular weight is 400 g/mol. The molecule has 1 saturated heterocycles. The van der Waals surface area contributed by atoms with Crippen molar-refractivity contribution >= 4 is 34.3 Å². The van der Waals surface area contributed by atoms with Gasteiger partial charge in [0.05, 0.1) is 16.3 Å². The maximum atomic E-state index is 12.5. The zero-order valence-electron chi connectivity index (χ0n) is 14.8. The van der Waals surface area contributed by atoms with E-state index < -0.39 is 0 Å². The van der Waals surface area contributed by atoms with Gasteiger partial charge in [0.15, 0.2) is 0 Å². The molecule has 0 unspecified atom stereocenters. The molecule has 0 spiro atoms. The number of amides is 1. The Kier molecular flexibility index (Phi) is 5.52. The molecule has 4 rings (SSSR count). The van der Waals surface area contributed by atoms with Gasteiger partial charge in [-0.3, -0.25) is 9.69 Å². The number of likely N-dealkylation sites (tertiary alicyclic amines) is 1. The second-order valence-electron chi connectivity index (χ2n) is 6.68. The fourth-order valence-corrected chi connectivity index (χ4v) is 4.91. The van der Waals surface area contributed by atoms with Crippen LogP contribution in [0.1, 0.15) is 18.5 Å². The number of hydrogen-bond acceptors (Lipinski definition) is 6. The highest BCUT2D eigenvalue weighted by Crippen LogP contribution is 2.29. The van der Waals surface area contributed by atoms with Crippen molar-refractivity contribution in [1.82, 2.24) is 9.88 Å². The highest BCUT2D eigenvalue weighted by Gasteiger charge is 2.25. The molecule has 1 aromatic carbocycles. The van der Waals surface area contributed by atoms with E-state index in [1.165, 1.54) is 4.88 Å². The minimum absolute atomic E-state index is 0.00945. The van der Waals surface area contributed by atoms with Gasteiger partial charge in [0, 0.05) is 17.8 Å². The normalized spacial score (nSPS) is 15.7. The number of hydrogen-bond donors (Lipinski definition) is 2. The van der Waals surface area contributed by atoms with Crippen LogP contribution in [-0.4, -0.2) is 34.0 Å². The van der Waals surface area contributed by atoms with Crippen molar-refractivity contribution in [2.24, 2.45) is 5.92 Å². The number of nitrogens with zero attached hydrogens (tertiary/aromatic N) is 2. The number of nitrogens with one attached hydrogen (secondary N) is 1. The van der Waals surface area contributed by atoms with Crippen LogP contribution in [0.4, 0.5) is 5.69 Å². The molecule has 0 bridgehead atoms. The van der Waals surface area contributed by atoms with E-state index in [1.54, 1.807) is 46.9 Å². The number of anilines is 1. The summed E-state index contributed by atoms with van der Waals surface area (Å²) >= 11 is 3.40. The maximum absolute atomic E-state index is 12.5. The number of para-hydroxylation sites is 2. The van der Waals surface area contributed by atoms with Crippen molar-refractivity contribution in [3.8, 4) is 15.6 Å². The van der Waals surface area contributed by atoms with E-state index in [4.69, 9.17) is 4.98 Å². The molecule has 1 aliphatic heterocycles. The Morgan fingerprint density at radius 3 is 2.74 bits per heavy atom. The van der Waals surface area contributed by atoms with Gasteiger partial charge < -0.3 is 10.4 Å². The van der Waals surface area contributed by atoms with Crippen molar-refractivity contribution < 1.29 is 9.90 Å². The molecule has 7 heteroatoms. The van der Waals surface area contributed by atoms with Crippen LogP contribution >= 0.6 is 22.7 Å². The Morgan fingerprint density at radius 2 is 2.00 bits per heavy atom. The molecular formula is C20H21N3O2S2.